The van der Waals surface area contributed by atoms with Crippen molar-refractivity contribution in [2.75, 3.05) is 13.7 Å². The molecule has 1 fully saturated rings. The van der Waals surface area contributed by atoms with E-state index in [1.165, 1.54) is 5.56 Å². The third-order valence-electron chi connectivity index (χ3n) is 5.31. The molecular formula is C22H22BN3O3. The Morgan fingerprint density at radius 2 is 2.07 bits per heavy atom. The average molecular weight is 387 g/mol. The van der Waals surface area contributed by atoms with Gasteiger partial charge in [-0.05, 0) is 36.6 Å². The Balaban J connectivity index is 1.57. The number of hydrogen-bond donors (Lipinski definition) is 2. The van der Waals surface area contributed by atoms with E-state index < -0.39 is 0 Å². The summed E-state index contributed by atoms with van der Waals surface area (Å²) in [7, 11) is 7.61. The molecule has 0 spiro atoms. The number of methoxy groups -OCH3 is 1. The second-order valence-corrected chi connectivity index (χ2v) is 7.25. The van der Waals surface area contributed by atoms with Crippen molar-refractivity contribution in [3.05, 3.63) is 63.9 Å². The first-order valence-electron chi connectivity index (χ1n) is 9.59. The molecule has 2 aromatic carbocycles. The average Bonchev–Trinajstić information content (AvgIpc) is 3.16. The number of ether oxygens (including phenoxy) is 1. The van der Waals surface area contributed by atoms with Gasteiger partial charge in [-0.15, -0.1) is 0 Å². The number of nitrogens with zero attached hydrogens (tertiary/aromatic N) is 2. The minimum absolute atomic E-state index is 0.191. The van der Waals surface area contributed by atoms with Crippen molar-refractivity contribution in [1.29, 1.82) is 0 Å². The van der Waals surface area contributed by atoms with Crippen LogP contribution in [-0.2, 0) is 11.3 Å². The van der Waals surface area contributed by atoms with E-state index in [2.05, 4.69) is 14.9 Å². The van der Waals surface area contributed by atoms with Gasteiger partial charge in [-0.2, -0.15) is 0 Å². The number of H-pyrrole nitrogens is 1. The van der Waals surface area contributed by atoms with E-state index in [0.29, 0.717) is 21.8 Å². The number of benzene rings is 2. The molecule has 2 heterocycles. The Hall–Kier alpha value is -2.90. The fourth-order valence-electron chi connectivity index (χ4n) is 3.79. The van der Waals surface area contributed by atoms with Gasteiger partial charge in [0.2, 0.25) is 5.88 Å². The molecule has 1 saturated heterocycles. The summed E-state index contributed by atoms with van der Waals surface area (Å²) in [6, 6.07) is 12.9. The Labute approximate surface area is 170 Å². The summed E-state index contributed by atoms with van der Waals surface area (Å²) in [5.41, 5.74) is 2.52. The normalized spacial score (nSPS) is 17.5. The van der Waals surface area contributed by atoms with E-state index in [1.54, 1.807) is 31.5 Å². The highest BCUT2D eigenvalue weighted by Gasteiger charge is 2.23. The fraction of sp³-hybridized carbons (Fsp3) is 0.273. The zero-order valence-corrected chi connectivity index (χ0v) is 16.3. The van der Waals surface area contributed by atoms with E-state index in [9.17, 15) is 9.90 Å². The summed E-state index contributed by atoms with van der Waals surface area (Å²) in [5.74, 6) is -0.229. The first kappa shape index (κ1) is 19.4. The second-order valence-electron chi connectivity index (χ2n) is 7.25. The maximum absolute atomic E-state index is 12.0. The molecule has 1 aromatic heterocycles. The van der Waals surface area contributed by atoms with Crippen molar-refractivity contribution in [2.45, 2.75) is 25.6 Å². The maximum atomic E-state index is 12.0. The number of aromatic amines is 1. The number of nitrogens with one attached hydrogen (secondary N) is 1. The Morgan fingerprint density at radius 1 is 1.28 bits per heavy atom. The number of fused-ring (bicyclic) bond motifs is 1. The molecule has 0 aliphatic carbocycles. The molecule has 0 unspecified atom stereocenters. The van der Waals surface area contributed by atoms with E-state index in [4.69, 9.17) is 12.6 Å². The molecule has 6 nitrogen and oxygen atoms in total. The van der Waals surface area contributed by atoms with Crippen molar-refractivity contribution in [3.8, 4) is 5.88 Å². The topological polar surface area (TPSA) is 77.9 Å². The van der Waals surface area contributed by atoms with Gasteiger partial charge in [0.25, 0.3) is 5.56 Å². The van der Waals surface area contributed by atoms with Crippen LogP contribution in [-0.4, -0.2) is 48.9 Å². The van der Waals surface area contributed by atoms with Crippen LogP contribution in [0.3, 0.4) is 0 Å². The first-order chi connectivity index (χ1) is 14.0. The minimum Gasteiger partial charge on any atom is -0.494 e. The first-order valence-corrected chi connectivity index (χ1v) is 9.59. The summed E-state index contributed by atoms with van der Waals surface area (Å²) < 4.78 is 5.51. The van der Waals surface area contributed by atoms with Gasteiger partial charge in [0, 0.05) is 37.2 Å². The molecule has 146 valence electrons. The highest BCUT2D eigenvalue weighted by atomic mass is 16.5. The van der Waals surface area contributed by atoms with Gasteiger partial charge in [-0.25, -0.2) is 0 Å². The predicted molar refractivity (Wildman–Crippen MR) is 116 cm³/mol. The van der Waals surface area contributed by atoms with Crippen molar-refractivity contribution in [2.24, 2.45) is 4.99 Å². The zero-order chi connectivity index (χ0) is 20.4. The van der Waals surface area contributed by atoms with Gasteiger partial charge in [-0.3, -0.25) is 19.7 Å². The van der Waals surface area contributed by atoms with Gasteiger partial charge in [-0.1, -0.05) is 29.7 Å². The molecule has 1 aliphatic rings. The van der Waals surface area contributed by atoms with E-state index >= 15 is 0 Å². The standard InChI is InChI=1S/C22H22BN3O3/c1-29-20-3-2-10-26(20)13-14-4-7-16(8-5-14)24-12-19-18-11-15(23)6-9-17(18)21(27)25-22(19)28/h4-9,11-12,20H,2-3,10,13H2,1H3,(H2,25,27,28)/t20-/m0/s1. The van der Waals surface area contributed by atoms with Crippen LogP contribution in [0.1, 0.15) is 24.0 Å². The van der Waals surface area contributed by atoms with Gasteiger partial charge in [0.05, 0.1) is 11.3 Å². The van der Waals surface area contributed by atoms with Gasteiger partial charge in [0.15, 0.2) is 0 Å². The van der Waals surface area contributed by atoms with Crippen LogP contribution in [0.5, 0.6) is 5.88 Å². The van der Waals surface area contributed by atoms with Crippen LogP contribution in [0.15, 0.2) is 52.3 Å². The van der Waals surface area contributed by atoms with Crippen LogP contribution in [0.2, 0.25) is 0 Å². The van der Waals surface area contributed by atoms with Gasteiger partial charge < -0.3 is 9.84 Å². The number of aromatic hydroxyl groups is 1. The van der Waals surface area contributed by atoms with Crippen LogP contribution < -0.4 is 11.0 Å². The number of aromatic nitrogens is 1. The fourth-order valence-corrected chi connectivity index (χ4v) is 3.79. The molecule has 0 amide bonds. The Morgan fingerprint density at radius 3 is 2.83 bits per heavy atom. The Kier molecular flexibility index (Phi) is 5.51. The number of likely N-dealkylation sites (tertiary alicyclic amines) is 1. The lowest BCUT2D eigenvalue weighted by atomic mass is 9.92. The third-order valence-corrected chi connectivity index (χ3v) is 5.31. The molecule has 1 atom stereocenters. The number of rotatable bonds is 5. The monoisotopic (exact) mass is 387 g/mol. The molecule has 1 aliphatic heterocycles. The molecular weight excluding hydrogens is 365 g/mol. The van der Waals surface area contributed by atoms with Gasteiger partial charge in [0.1, 0.15) is 14.1 Å². The van der Waals surface area contributed by atoms with Crippen LogP contribution in [0.25, 0.3) is 10.8 Å². The largest absolute Gasteiger partial charge is 0.494 e. The molecule has 2 radical (unpaired) electrons. The quantitative estimate of drug-likeness (QED) is 0.521. The van der Waals surface area contributed by atoms with Crippen molar-refractivity contribution in [1.82, 2.24) is 9.88 Å². The lowest BCUT2D eigenvalue weighted by Crippen LogP contribution is -2.30. The second kappa shape index (κ2) is 8.23. The van der Waals surface area contributed by atoms with Gasteiger partial charge >= 0.3 is 0 Å². The van der Waals surface area contributed by atoms with Crippen LogP contribution >= 0.6 is 0 Å². The number of pyridine rings is 1. The number of aliphatic imine (C=N–C) groups is 1. The lowest BCUT2D eigenvalue weighted by Gasteiger charge is -2.22. The minimum atomic E-state index is -0.365. The van der Waals surface area contributed by atoms with E-state index in [-0.39, 0.29) is 17.7 Å². The summed E-state index contributed by atoms with van der Waals surface area (Å²) >= 11 is 0. The SMILES string of the molecule is [B]c1ccc2c(=O)[nH]c(O)c(C=Nc3ccc(CN4CCC[C@@H]4OC)cc3)c2c1. The van der Waals surface area contributed by atoms with E-state index in [0.717, 1.165) is 31.6 Å². The molecule has 29 heavy (non-hydrogen) atoms. The van der Waals surface area contributed by atoms with Crippen molar-refractivity contribution >= 4 is 36.0 Å². The summed E-state index contributed by atoms with van der Waals surface area (Å²) in [5, 5.41) is 11.2. The summed E-state index contributed by atoms with van der Waals surface area (Å²) in [6.45, 7) is 1.88. The third kappa shape index (κ3) is 4.11. The molecule has 3 aromatic rings. The predicted octanol–water partition coefficient (Wildman–Crippen LogP) is 2.35. The molecule has 0 saturated carbocycles. The Bertz CT molecular complexity index is 1110. The molecule has 4 rings (SSSR count). The summed E-state index contributed by atoms with van der Waals surface area (Å²) in [4.78, 5) is 21.3. The van der Waals surface area contributed by atoms with Crippen LogP contribution in [0.4, 0.5) is 5.69 Å². The number of hydrogen-bond acceptors (Lipinski definition) is 5. The van der Waals surface area contributed by atoms with Crippen molar-refractivity contribution in [3.63, 3.8) is 0 Å². The molecule has 2 N–H and O–H groups in total. The molecule has 0 bridgehead atoms. The lowest BCUT2D eigenvalue weighted by molar-refractivity contribution is -0.00814. The molecule has 7 heteroatoms. The van der Waals surface area contributed by atoms with Crippen molar-refractivity contribution < 1.29 is 9.84 Å². The highest BCUT2D eigenvalue weighted by Crippen LogP contribution is 2.23. The zero-order valence-electron chi connectivity index (χ0n) is 16.3. The van der Waals surface area contributed by atoms with E-state index in [1.807, 2.05) is 24.3 Å². The highest BCUT2D eigenvalue weighted by molar-refractivity contribution is 6.33. The summed E-state index contributed by atoms with van der Waals surface area (Å²) in [6.07, 6.45) is 3.96. The smallest absolute Gasteiger partial charge is 0.258 e. The van der Waals surface area contributed by atoms with Crippen LogP contribution in [0, 0.1) is 0 Å². The maximum Gasteiger partial charge on any atom is 0.258 e.